The quantitative estimate of drug-likeness (QED) is 0.740. The molecule has 6 nitrogen and oxygen atoms in total. The largest absolute Gasteiger partial charge is 0.315 e. The van der Waals surface area contributed by atoms with Gasteiger partial charge in [-0.25, -0.2) is 4.98 Å². The van der Waals surface area contributed by atoms with Crippen molar-refractivity contribution in [1.29, 1.82) is 0 Å². The number of anilines is 1. The van der Waals surface area contributed by atoms with Crippen molar-refractivity contribution in [2.45, 2.75) is 25.8 Å². The van der Waals surface area contributed by atoms with Gasteiger partial charge >= 0.3 is 0 Å². The number of amides is 1. The molecule has 1 atom stereocenters. The molecule has 4 rings (SSSR count). The zero-order chi connectivity index (χ0) is 17.9. The molecular formula is C19H21N5OS. The van der Waals surface area contributed by atoms with Crippen LogP contribution in [0.2, 0.25) is 0 Å². The molecule has 134 valence electrons. The molecular weight excluding hydrogens is 346 g/mol. The van der Waals surface area contributed by atoms with Gasteiger partial charge in [-0.2, -0.15) is 5.10 Å². The van der Waals surface area contributed by atoms with Crippen LogP contribution in [0.25, 0.3) is 11.3 Å². The lowest BCUT2D eigenvalue weighted by atomic mass is 10.1. The Morgan fingerprint density at radius 1 is 1.31 bits per heavy atom. The number of carbonyl (C=O) groups excluding carboxylic acids is 1. The molecule has 0 aliphatic carbocycles. The molecule has 1 saturated heterocycles. The Kier molecular flexibility index (Phi) is 4.81. The summed E-state index contributed by atoms with van der Waals surface area (Å²) in [5.41, 5.74) is 3.54. The van der Waals surface area contributed by atoms with Crippen molar-refractivity contribution in [1.82, 2.24) is 20.1 Å². The maximum atomic E-state index is 12.5. The van der Waals surface area contributed by atoms with Crippen molar-refractivity contribution >= 4 is 22.4 Å². The number of hydrogen-bond acceptors (Lipinski definition) is 5. The van der Waals surface area contributed by atoms with E-state index in [1.54, 1.807) is 6.07 Å². The minimum absolute atomic E-state index is 0.225. The van der Waals surface area contributed by atoms with E-state index in [2.05, 4.69) is 39.8 Å². The maximum Gasteiger partial charge on any atom is 0.277 e. The normalized spacial score (nSPS) is 17.2. The van der Waals surface area contributed by atoms with Crippen LogP contribution in [0.5, 0.6) is 0 Å². The van der Waals surface area contributed by atoms with Crippen LogP contribution in [-0.2, 0) is 0 Å². The summed E-state index contributed by atoms with van der Waals surface area (Å²) in [6.07, 6.45) is 4.10. The first-order valence-electron chi connectivity index (χ1n) is 8.79. The van der Waals surface area contributed by atoms with Crippen LogP contribution in [-0.4, -0.2) is 33.8 Å². The molecule has 0 bridgehead atoms. The number of aromatic nitrogens is 3. The third-order valence-corrected chi connectivity index (χ3v) is 5.32. The number of benzene rings is 1. The molecule has 0 saturated carbocycles. The summed E-state index contributed by atoms with van der Waals surface area (Å²) in [7, 11) is 0. The summed E-state index contributed by atoms with van der Waals surface area (Å²) in [6.45, 7) is 4.01. The van der Waals surface area contributed by atoms with Gasteiger partial charge in [0.2, 0.25) is 0 Å². The van der Waals surface area contributed by atoms with Gasteiger partial charge in [-0.1, -0.05) is 29.8 Å². The van der Waals surface area contributed by atoms with E-state index < -0.39 is 0 Å². The van der Waals surface area contributed by atoms with Crippen LogP contribution in [0.15, 0.2) is 41.9 Å². The van der Waals surface area contributed by atoms with Gasteiger partial charge in [0, 0.05) is 23.7 Å². The summed E-state index contributed by atoms with van der Waals surface area (Å²) in [4.78, 5) is 17.0. The maximum absolute atomic E-state index is 12.5. The van der Waals surface area contributed by atoms with Crippen molar-refractivity contribution in [3.05, 3.63) is 53.2 Å². The van der Waals surface area contributed by atoms with Gasteiger partial charge in [-0.15, -0.1) is 11.3 Å². The summed E-state index contributed by atoms with van der Waals surface area (Å²) < 4.78 is 1.89. The van der Waals surface area contributed by atoms with Gasteiger partial charge in [-0.05, 0) is 32.4 Å². The fraction of sp³-hybridized carbons (Fsp3) is 0.316. The van der Waals surface area contributed by atoms with E-state index in [1.165, 1.54) is 16.9 Å². The lowest BCUT2D eigenvalue weighted by molar-refractivity contribution is 0.102. The summed E-state index contributed by atoms with van der Waals surface area (Å²) in [5.74, 6) is -0.225. The third kappa shape index (κ3) is 3.68. The van der Waals surface area contributed by atoms with Crippen LogP contribution < -0.4 is 10.6 Å². The molecule has 7 heteroatoms. The topological polar surface area (TPSA) is 71.8 Å². The minimum Gasteiger partial charge on any atom is -0.315 e. The fourth-order valence-corrected chi connectivity index (χ4v) is 3.79. The van der Waals surface area contributed by atoms with Crippen molar-refractivity contribution in [3.63, 3.8) is 0 Å². The van der Waals surface area contributed by atoms with E-state index in [-0.39, 0.29) is 5.91 Å². The van der Waals surface area contributed by atoms with Crippen molar-refractivity contribution < 1.29 is 4.79 Å². The monoisotopic (exact) mass is 367 g/mol. The second kappa shape index (κ2) is 7.39. The Hall–Kier alpha value is -2.51. The molecule has 26 heavy (non-hydrogen) atoms. The van der Waals surface area contributed by atoms with E-state index in [9.17, 15) is 4.79 Å². The number of piperidine rings is 1. The molecule has 1 aromatic carbocycles. The molecule has 2 N–H and O–H groups in total. The van der Waals surface area contributed by atoms with Gasteiger partial charge in [0.25, 0.3) is 5.91 Å². The first kappa shape index (κ1) is 16.9. The first-order chi connectivity index (χ1) is 12.7. The minimum atomic E-state index is -0.225. The zero-order valence-electron chi connectivity index (χ0n) is 14.6. The number of aryl methyl sites for hydroxylation is 1. The van der Waals surface area contributed by atoms with Crippen molar-refractivity contribution in [3.8, 4) is 11.3 Å². The molecule has 1 unspecified atom stereocenters. The number of nitrogens with zero attached hydrogens (tertiary/aromatic N) is 3. The highest BCUT2D eigenvalue weighted by Crippen LogP contribution is 2.25. The van der Waals surface area contributed by atoms with Crippen LogP contribution in [0, 0.1) is 6.92 Å². The van der Waals surface area contributed by atoms with Gasteiger partial charge in [-0.3, -0.25) is 14.8 Å². The SMILES string of the molecule is Cc1ccc(-c2csc(NC(=O)c3ccn(C4CCCNC4)n3)n2)cc1. The molecule has 3 heterocycles. The molecule has 1 amide bonds. The van der Waals surface area contributed by atoms with Crippen LogP contribution >= 0.6 is 11.3 Å². The Morgan fingerprint density at radius 2 is 2.15 bits per heavy atom. The summed E-state index contributed by atoms with van der Waals surface area (Å²) in [5, 5.41) is 13.2. The van der Waals surface area contributed by atoms with Crippen molar-refractivity contribution in [2.75, 3.05) is 18.4 Å². The van der Waals surface area contributed by atoms with E-state index in [4.69, 9.17) is 0 Å². The average Bonchev–Trinajstić information content (AvgIpc) is 3.33. The highest BCUT2D eigenvalue weighted by Gasteiger charge is 2.18. The lowest BCUT2D eigenvalue weighted by Gasteiger charge is -2.22. The molecule has 3 aromatic rings. The van der Waals surface area contributed by atoms with Crippen molar-refractivity contribution in [2.24, 2.45) is 0 Å². The highest BCUT2D eigenvalue weighted by atomic mass is 32.1. The zero-order valence-corrected chi connectivity index (χ0v) is 15.4. The van der Waals surface area contributed by atoms with Gasteiger partial charge in [0.05, 0.1) is 11.7 Å². The number of carbonyl (C=O) groups is 1. The summed E-state index contributed by atoms with van der Waals surface area (Å²) in [6, 6.07) is 10.3. The summed E-state index contributed by atoms with van der Waals surface area (Å²) >= 11 is 1.42. The number of nitrogens with one attached hydrogen (secondary N) is 2. The molecule has 2 aromatic heterocycles. The van der Waals surface area contributed by atoms with Crippen LogP contribution in [0.4, 0.5) is 5.13 Å². The second-order valence-corrected chi connectivity index (χ2v) is 7.40. The van der Waals surface area contributed by atoms with E-state index >= 15 is 0 Å². The number of thiazole rings is 1. The number of rotatable bonds is 4. The number of hydrogen-bond donors (Lipinski definition) is 2. The molecule has 1 aliphatic heterocycles. The van der Waals surface area contributed by atoms with Gasteiger partial charge < -0.3 is 5.32 Å². The lowest BCUT2D eigenvalue weighted by Crippen LogP contribution is -2.32. The predicted molar refractivity (Wildman–Crippen MR) is 104 cm³/mol. The van der Waals surface area contributed by atoms with E-state index in [0.717, 1.165) is 37.2 Å². The molecule has 0 radical (unpaired) electrons. The Bertz CT molecular complexity index is 893. The van der Waals surface area contributed by atoms with E-state index in [0.29, 0.717) is 16.9 Å². The molecule has 1 aliphatic rings. The van der Waals surface area contributed by atoms with Gasteiger partial charge in [0.1, 0.15) is 0 Å². The van der Waals surface area contributed by atoms with Crippen LogP contribution in [0.1, 0.15) is 34.9 Å². The average molecular weight is 367 g/mol. The molecule has 0 spiro atoms. The van der Waals surface area contributed by atoms with Gasteiger partial charge in [0.15, 0.2) is 10.8 Å². The first-order valence-corrected chi connectivity index (χ1v) is 9.67. The highest BCUT2D eigenvalue weighted by molar-refractivity contribution is 7.14. The Morgan fingerprint density at radius 3 is 2.92 bits per heavy atom. The van der Waals surface area contributed by atoms with E-state index in [1.807, 2.05) is 28.4 Å². The predicted octanol–water partition coefficient (Wildman–Crippen LogP) is 3.49. The fourth-order valence-electron chi connectivity index (χ4n) is 3.07. The standard InChI is InChI=1S/C19H21N5OS/c1-13-4-6-14(7-5-13)17-12-26-19(21-17)22-18(25)16-8-10-24(23-16)15-3-2-9-20-11-15/h4-8,10,12,15,20H,2-3,9,11H2,1H3,(H,21,22,25). The molecule has 1 fully saturated rings. The Balaban J connectivity index is 1.43. The third-order valence-electron chi connectivity index (χ3n) is 4.56. The van der Waals surface area contributed by atoms with Crippen LogP contribution in [0.3, 0.4) is 0 Å². The Labute approximate surface area is 156 Å². The second-order valence-electron chi connectivity index (χ2n) is 6.54. The smallest absolute Gasteiger partial charge is 0.277 e.